The highest BCUT2D eigenvalue weighted by atomic mass is 19.3. The second-order valence-corrected chi connectivity index (χ2v) is 3.87. The van der Waals surface area contributed by atoms with Gasteiger partial charge in [-0.15, -0.1) is 0 Å². The zero-order valence-corrected chi connectivity index (χ0v) is 8.70. The van der Waals surface area contributed by atoms with Gasteiger partial charge in [0.1, 0.15) is 0 Å². The predicted octanol–water partition coefficient (Wildman–Crippen LogP) is 3.49. The number of alkyl halides is 2. The Morgan fingerprint density at radius 2 is 2.00 bits per heavy atom. The van der Waals surface area contributed by atoms with E-state index >= 15 is 0 Å². The molecule has 0 bridgehead atoms. The second kappa shape index (κ2) is 4.20. The third-order valence-electron chi connectivity index (χ3n) is 2.75. The topological polar surface area (TPSA) is 17.1 Å². The molecule has 0 saturated carbocycles. The van der Waals surface area contributed by atoms with Crippen LogP contribution in [-0.2, 0) is 4.79 Å². The molecular weight excluding hydrogens is 186 g/mol. The van der Waals surface area contributed by atoms with E-state index in [1.54, 1.807) is 0 Å². The first-order valence-electron chi connectivity index (χ1n) is 5.10. The summed E-state index contributed by atoms with van der Waals surface area (Å²) in [6.07, 6.45) is 2.78. The number of hydrogen-bond donors (Lipinski definition) is 0. The van der Waals surface area contributed by atoms with Gasteiger partial charge in [0.15, 0.2) is 5.78 Å². The minimum atomic E-state index is -2.88. The largest absolute Gasteiger partial charge is 0.294 e. The van der Waals surface area contributed by atoms with Crippen LogP contribution in [0.3, 0.4) is 0 Å². The van der Waals surface area contributed by atoms with Crippen molar-refractivity contribution < 1.29 is 13.6 Å². The average Bonchev–Trinajstić information content (AvgIpc) is 2.27. The molecule has 0 heterocycles. The van der Waals surface area contributed by atoms with E-state index in [0.717, 1.165) is 19.3 Å². The molecule has 0 aromatic heterocycles. The quantitative estimate of drug-likeness (QED) is 0.638. The highest BCUT2D eigenvalue weighted by Gasteiger charge is 2.43. The van der Waals surface area contributed by atoms with Gasteiger partial charge in [0.05, 0.1) is 6.42 Å². The Balaban J connectivity index is 2.66. The molecule has 0 aromatic carbocycles. The lowest BCUT2D eigenvalue weighted by atomic mass is 10.0. The smallest absolute Gasteiger partial charge is 0.276 e. The van der Waals surface area contributed by atoms with Crippen molar-refractivity contribution in [1.82, 2.24) is 0 Å². The minimum absolute atomic E-state index is 0.00129. The third kappa shape index (κ3) is 2.20. The van der Waals surface area contributed by atoms with Gasteiger partial charge < -0.3 is 0 Å². The molecule has 0 N–H and O–H groups in total. The van der Waals surface area contributed by atoms with Crippen molar-refractivity contribution in [3.8, 4) is 0 Å². The molecule has 0 fully saturated rings. The molecule has 0 atom stereocenters. The Bertz CT molecular complexity index is 266. The van der Waals surface area contributed by atoms with Gasteiger partial charge in [-0.1, -0.05) is 19.8 Å². The fourth-order valence-corrected chi connectivity index (χ4v) is 1.75. The summed E-state index contributed by atoms with van der Waals surface area (Å²) in [4.78, 5) is 11.3. The van der Waals surface area contributed by atoms with Crippen LogP contribution in [0.1, 0.15) is 46.0 Å². The Kier molecular flexibility index (Phi) is 3.40. The van der Waals surface area contributed by atoms with Gasteiger partial charge in [-0.3, -0.25) is 4.79 Å². The van der Waals surface area contributed by atoms with Crippen LogP contribution in [0.15, 0.2) is 11.1 Å². The Labute approximate surface area is 83.2 Å². The molecule has 1 nitrogen and oxygen atoms in total. The maximum absolute atomic E-state index is 13.1. The van der Waals surface area contributed by atoms with Crippen LogP contribution in [0, 0.1) is 0 Å². The van der Waals surface area contributed by atoms with Gasteiger partial charge in [-0.25, -0.2) is 8.78 Å². The number of carbonyl (C=O) groups excluding carboxylic acids is 1. The Hall–Kier alpha value is -0.730. The van der Waals surface area contributed by atoms with Crippen LogP contribution in [0.4, 0.5) is 8.78 Å². The first kappa shape index (κ1) is 11.3. The number of halogens is 2. The van der Waals surface area contributed by atoms with Crippen LogP contribution in [0.25, 0.3) is 0 Å². The molecule has 1 aliphatic rings. The Morgan fingerprint density at radius 3 is 2.43 bits per heavy atom. The molecule has 80 valence electrons. The summed E-state index contributed by atoms with van der Waals surface area (Å²) < 4.78 is 26.1. The van der Waals surface area contributed by atoms with Gasteiger partial charge in [0.2, 0.25) is 0 Å². The summed E-state index contributed by atoms with van der Waals surface area (Å²) in [5, 5.41) is 0. The number of carbonyl (C=O) groups is 1. The van der Waals surface area contributed by atoms with Crippen LogP contribution in [0.5, 0.6) is 0 Å². The monoisotopic (exact) mass is 202 g/mol. The van der Waals surface area contributed by atoms with E-state index in [9.17, 15) is 13.6 Å². The molecule has 0 saturated heterocycles. The van der Waals surface area contributed by atoms with E-state index in [1.165, 1.54) is 6.92 Å². The zero-order chi connectivity index (χ0) is 10.8. The van der Waals surface area contributed by atoms with E-state index in [1.807, 2.05) is 6.92 Å². The lowest BCUT2D eigenvalue weighted by molar-refractivity contribution is -0.118. The Morgan fingerprint density at radius 1 is 1.36 bits per heavy atom. The number of hydrogen-bond acceptors (Lipinski definition) is 1. The number of rotatable bonds is 4. The molecule has 1 rings (SSSR count). The molecule has 0 unspecified atom stereocenters. The molecule has 0 amide bonds. The van der Waals surface area contributed by atoms with Crippen molar-refractivity contribution in [3.05, 3.63) is 11.1 Å². The predicted molar refractivity (Wildman–Crippen MR) is 51.4 cm³/mol. The number of Topliss-reactive ketones (excluding diaryl/α,β-unsaturated/α-hetero) is 1. The van der Waals surface area contributed by atoms with Crippen molar-refractivity contribution in [3.63, 3.8) is 0 Å². The summed E-state index contributed by atoms with van der Waals surface area (Å²) in [6.45, 7) is 3.43. The van der Waals surface area contributed by atoms with Gasteiger partial charge in [0.25, 0.3) is 5.92 Å². The summed E-state index contributed by atoms with van der Waals surface area (Å²) in [5.74, 6) is -3.23. The van der Waals surface area contributed by atoms with E-state index < -0.39 is 12.3 Å². The lowest BCUT2D eigenvalue weighted by Gasteiger charge is -2.08. The standard InChI is InChI=1S/C11H16F2O/c1-3-4-5-6-9-8(2)11(12,13)7-10(9)14/h3-7H2,1-2H3. The van der Waals surface area contributed by atoms with Gasteiger partial charge >= 0.3 is 0 Å². The molecule has 0 aromatic rings. The van der Waals surface area contributed by atoms with E-state index in [4.69, 9.17) is 0 Å². The first-order valence-corrected chi connectivity index (χ1v) is 5.10. The highest BCUT2D eigenvalue weighted by Crippen LogP contribution is 2.39. The van der Waals surface area contributed by atoms with E-state index in [2.05, 4.69) is 0 Å². The first-order chi connectivity index (χ1) is 6.49. The molecule has 0 aliphatic heterocycles. The van der Waals surface area contributed by atoms with Crippen molar-refractivity contribution in [2.75, 3.05) is 0 Å². The summed E-state index contributed by atoms with van der Waals surface area (Å²) in [7, 11) is 0. The number of allylic oxidation sites excluding steroid dienone is 2. The summed E-state index contributed by atoms with van der Waals surface area (Å²) >= 11 is 0. The molecule has 3 heteroatoms. The van der Waals surface area contributed by atoms with Crippen molar-refractivity contribution in [1.29, 1.82) is 0 Å². The van der Waals surface area contributed by atoms with Crippen LogP contribution < -0.4 is 0 Å². The van der Waals surface area contributed by atoms with E-state index in [0.29, 0.717) is 12.0 Å². The fourth-order valence-electron chi connectivity index (χ4n) is 1.75. The van der Waals surface area contributed by atoms with Crippen LogP contribution in [0.2, 0.25) is 0 Å². The SMILES string of the molecule is CCCCCC1=C(C)C(F)(F)CC1=O. The molecular formula is C11H16F2O. The minimum Gasteiger partial charge on any atom is -0.294 e. The zero-order valence-electron chi connectivity index (χ0n) is 8.70. The third-order valence-corrected chi connectivity index (χ3v) is 2.75. The molecule has 1 aliphatic carbocycles. The van der Waals surface area contributed by atoms with Crippen LogP contribution >= 0.6 is 0 Å². The van der Waals surface area contributed by atoms with Gasteiger partial charge in [0, 0.05) is 11.1 Å². The molecule has 14 heavy (non-hydrogen) atoms. The maximum Gasteiger partial charge on any atom is 0.276 e. The molecule has 0 spiro atoms. The van der Waals surface area contributed by atoms with Crippen molar-refractivity contribution in [2.45, 2.75) is 51.9 Å². The average molecular weight is 202 g/mol. The second-order valence-electron chi connectivity index (χ2n) is 3.87. The van der Waals surface area contributed by atoms with Crippen molar-refractivity contribution in [2.24, 2.45) is 0 Å². The van der Waals surface area contributed by atoms with E-state index in [-0.39, 0.29) is 11.4 Å². The normalized spacial score (nSPS) is 20.7. The van der Waals surface area contributed by atoms with Crippen molar-refractivity contribution >= 4 is 5.78 Å². The van der Waals surface area contributed by atoms with Crippen LogP contribution in [-0.4, -0.2) is 11.7 Å². The lowest BCUT2D eigenvalue weighted by Crippen LogP contribution is -2.13. The number of ketones is 1. The number of unbranched alkanes of at least 4 members (excludes halogenated alkanes) is 2. The summed E-state index contributed by atoms with van der Waals surface area (Å²) in [6, 6.07) is 0. The summed E-state index contributed by atoms with van der Waals surface area (Å²) in [5.41, 5.74) is 0.377. The van der Waals surface area contributed by atoms with Gasteiger partial charge in [-0.05, 0) is 19.8 Å². The molecule has 0 radical (unpaired) electrons. The maximum atomic E-state index is 13.1. The fraction of sp³-hybridized carbons (Fsp3) is 0.727. The highest BCUT2D eigenvalue weighted by molar-refractivity contribution is 6.00. The van der Waals surface area contributed by atoms with Gasteiger partial charge in [-0.2, -0.15) is 0 Å².